The van der Waals surface area contributed by atoms with Crippen LogP contribution in [0.1, 0.15) is 5.76 Å². The fourth-order valence-corrected chi connectivity index (χ4v) is 2.62. The number of nitrogens with one attached hydrogen (secondary N) is 1. The van der Waals surface area contributed by atoms with Gasteiger partial charge in [0.25, 0.3) is 5.95 Å². The molecule has 0 amide bonds. The van der Waals surface area contributed by atoms with Crippen LogP contribution in [-0.2, 0) is 0 Å². The molecule has 0 aliphatic rings. The largest absolute Gasteiger partial charge is 0.465 e. The standard InChI is InChI=1S/C22H17N5O/c1-3-9-17(10-4-1)20-21(18-11-5-2-6-12-18)25-27-22(24-20)26-23-15-7-13-19-14-8-16-28-19/h1-16H,(H,24,26,27). The second-order valence-electron chi connectivity index (χ2n) is 5.83. The molecular weight excluding hydrogens is 350 g/mol. The molecule has 0 saturated heterocycles. The van der Waals surface area contributed by atoms with Gasteiger partial charge in [-0.15, -0.1) is 10.2 Å². The summed E-state index contributed by atoms with van der Waals surface area (Å²) < 4.78 is 5.21. The molecule has 4 aromatic rings. The molecule has 1 N–H and O–H groups in total. The van der Waals surface area contributed by atoms with E-state index in [1.807, 2.05) is 72.8 Å². The van der Waals surface area contributed by atoms with Gasteiger partial charge in [-0.3, -0.25) is 0 Å². The normalized spacial score (nSPS) is 11.3. The van der Waals surface area contributed by atoms with Gasteiger partial charge in [0.1, 0.15) is 17.1 Å². The number of rotatable bonds is 6. The van der Waals surface area contributed by atoms with E-state index in [-0.39, 0.29) is 0 Å². The topological polar surface area (TPSA) is 76.2 Å². The van der Waals surface area contributed by atoms with Crippen molar-refractivity contribution in [3.05, 3.63) is 90.9 Å². The summed E-state index contributed by atoms with van der Waals surface area (Å²) in [5.74, 6) is 1.07. The van der Waals surface area contributed by atoms with E-state index in [2.05, 4.69) is 25.7 Å². The molecule has 0 fully saturated rings. The smallest absolute Gasteiger partial charge is 0.263 e. The summed E-state index contributed by atoms with van der Waals surface area (Å²) >= 11 is 0. The summed E-state index contributed by atoms with van der Waals surface area (Å²) in [5.41, 5.74) is 6.19. The number of benzene rings is 2. The molecule has 4 rings (SSSR count). The van der Waals surface area contributed by atoms with E-state index in [4.69, 9.17) is 4.42 Å². The molecule has 0 unspecified atom stereocenters. The lowest BCUT2D eigenvalue weighted by molar-refractivity contribution is 0.557. The Morgan fingerprint density at radius 2 is 1.50 bits per heavy atom. The van der Waals surface area contributed by atoms with Gasteiger partial charge in [0.2, 0.25) is 0 Å². The minimum absolute atomic E-state index is 0.321. The predicted molar refractivity (Wildman–Crippen MR) is 111 cm³/mol. The molecule has 136 valence electrons. The minimum atomic E-state index is 0.321. The summed E-state index contributed by atoms with van der Waals surface area (Å²) in [6.45, 7) is 0. The molecule has 28 heavy (non-hydrogen) atoms. The first-order valence-corrected chi connectivity index (χ1v) is 8.75. The summed E-state index contributed by atoms with van der Waals surface area (Å²) in [6.07, 6.45) is 6.78. The zero-order valence-electron chi connectivity index (χ0n) is 14.9. The van der Waals surface area contributed by atoms with Crippen LogP contribution in [0.2, 0.25) is 0 Å². The van der Waals surface area contributed by atoms with Crippen molar-refractivity contribution >= 4 is 18.2 Å². The third-order valence-corrected chi connectivity index (χ3v) is 3.91. The number of anilines is 1. The van der Waals surface area contributed by atoms with Crippen LogP contribution in [0.4, 0.5) is 5.95 Å². The third-order valence-electron chi connectivity index (χ3n) is 3.91. The van der Waals surface area contributed by atoms with E-state index >= 15 is 0 Å². The van der Waals surface area contributed by atoms with E-state index in [0.29, 0.717) is 5.95 Å². The molecule has 0 aliphatic heterocycles. The first-order valence-electron chi connectivity index (χ1n) is 8.75. The highest BCUT2D eigenvalue weighted by molar-refractivity contribution is 5.79. The number of allylic oxidation sites excluding steroid dienone is 1. The Balaban J connectivity index is 1.59. The molecule has 2 aromatic carbocycles. The van der Waals surface area contributed by atoms with Crippen molar-refractivity contribution in [2.24, 2.45) is 5.10 Å². The molecule has 0 saturated carbocycles. The van der Waals surface area contributed by atoms with E-state index in [9.17, 15) is 0 Å². The molecule has 2 aromatic heterocycles. The van der Waals surface area contributed by atoms with Crippen molar-refractivity contribution in [3.63, 3.8) is 0 Å². The van der Waals surface area contributed by atoms with Gasteiger partial charge in [-0.05, 0) is 24.3 Å². The highest BCUT2D eigenvalue weighted by Gasteiger charge is 2.12. The first kappa shape index (κ1) is 17.4. The number of hydrogen-bond donors (Lipinski definition) is 1. The van der Waals surface area contributed by atoms with Gasteiger partial charge in [0, 0.05) is 17.3 Å². The van der Waals surface area contributed by atoms with Gasteiger partial charge in [0.05, 0.1) is 6.26 Å². The van der Waals surface area contributed by atoms with Crippen molar-refractivity contribution < 1.29 is 4.42 Å². The third kappa shape index (κ3) is 4.19. The quantitative estimate of drug-likeness (QED) is 0.387. The molecule has 0 aliphatic carbocycles. The summed E-state index contributed by atoms with van der Waals surface area (Å²) in [6, 6.07) is 23.5. The Bertz CT molecular complexity index is 1070. The Labute approximate surface area is 162 Å². The van der Waals surface area contributed by atoms with Gasteiger partial charge in [-0.25, -0.2) is 10.4 Å². The molecule has 2 heterocycles. The maximum absolute atomic E-state index is 5.21. The number of furan rings is 1. The van der Waals surface area contributed by atoms with Gasteiger partial charge in [0.15, 0.2) is 0 Å². The molecule has 6 nitrogen and oxygen atoms in total. The molecule has 0 atom stereocenters. The highest BCUT2D eigenvalue weighted by atomic mass is 16.3. The molecule has 0 bridgehead atoms. The van der Waals surface area contributed by atoms with Crippen LogP contribution in [0.3, 0.4) is 0 Å². The van der Waals surface area contributed by atoms with Crippen molar-refractivity contribution in [1.29, 1.82) is 0 Å². The van der Waals surface area contributed by atoms with E-state index in [0.717, 1.165) is 28.3 Å². The lowest BCUT2D eigenvalue weighted by Gasteiger charge is -2.09. The molecular formula is C22H17N5O. The second kappa shape index (κ2) is 8.55. The van der Waals surface area contributed by atoms with Gasteiger partial charge >= 0.3 is 0 Å². The van der Waals surface area contributed by atoms with Crippen LogP contribution in [-0.4, -0.2) is 21.4 Å². The van der Waals surface area contributed by atoms with Crippen LogP contribution in [0.25, 0.3) is 28.6 Å². The fourth-order valence-electron chi connectivity index (χ4n) is 2.62. The lowest BCUT2D eigenvalue weighted by atomic mass is 10.0. The monoisotopic (exact) mass is 367 g/mol. The van der Waals surface area contributed by atoms with Gasteiger partial charge in [-0.2, -0.15) is 5.10 Å². The maximum atomic E-state index is 5.21. The lowest BCUT2D eigenvalue weighted by Crippen LogP contribution is -2.02. The number of hydrogen-bond acceptors (Lipinski definition) is 6. The highest BCUT2D eigenvalue weighted by Crippen LogP contribution is 2.28. The molecule has 0 radical (unpaired) electrons. The Hall–Kier alpha value is -4.06. The van der Waals surface area contributed by atoms with E-state index in [1.165, 1.54) is 0 Å². The van der Waals surface area contributed by atoms with Crippen LogP contribution in [0.5, 0.6) is 0 Å². The average Bonchev–Trinajstić information content (AvgIpc) is 3.28. The van der Waals surface area contributed by atoms with Crippen LogP contribution in [0.15, 0.2) is 94.7 Å². The van der Waals surface area contributed by atoms with E-state index in [1.54, 1.807) is 24.6 Å². The zero-order chi connectivity index (χ0) is 19.0. The number of hydrazone groups is 1. The number of aromatic nitrogens is 3. The minimum Gasteiger partial charge on any atom is -0.465 e. The van der Waals surface area contributed by atoms with Crippen LogP contribution < -0.4 is 5.43 Å². The van der Waals surface area contributed by atoms with Crippen LogP contribution >= 0.6 is 0 Å². The van der Waals surface area contributed by atoms with Gasteiger partial charge in [-0.1, -0.05) is 60.7 Å². The fraction of sp³-hybridized carbons (Fsp3) is 0. The average molecular weight is 367 g/mol. The van der Waals surface area contributed by atoms with Crippen molar-refractivity contribution in [1.82, 2.24) is 15.2 Å². The van der Waals surface area contributed by atoms with Gasteiger partial charge < -0.3 is 4.42 Å². The zero-order valence-corrected chi connectivity index (χ0v) is 14.9. The Morgan fingerprint density at radius 1 is 0.786 bits per heavy atom. The number of nitrogens with zero attached hydrogens (tertiary/aromatic N) is 4. The Kier molecular flexibility index (Phi) is 5.30. The predicted octanol–water partition coefficient (Wildman–Crippen LogP) is 4.91. The van der Waals surface area contributed by atoms with Crippen molar-refractivity contribution in [3.8, 4) is 22.5 Å². The SMILES string of the molecule is C(=Cc1ccco1)C=NNc1nnc(-c2ccccc2)c(-c2ccccc2)n1. The molecule has 6 heteroatoms. The first-order chi connectivity index (χ1) is 13.9. The van der Waals surface area contributed by atoms with Crippen molar-refractivity contribution in [2.75, 3.05) is 5.43 Å². The Morgan fingerprint density at radius 3 is 2.18 bits per heavy atom. The second-order valence-corrected chi connectivity index (χ2v) is 5.83. The van der Waals surface area contributed by atoms with Crippen LogP contribution in [0, 0.1) is 0 Å². The van der Waals surface area contributed by atoms with E-state index < -0.39 is 0 Å². The summed E-state index contributed by atoms with van der Waals surface area (Å²) in [4.78, 5) is 4.63. The summed E-state index contributed by atoms with van der Waals surface area (Å²) in [7, 11) is 0. The maximum Gasteiger partial charge on any atom is 0.263 e. The summed E-state index contributed by atoms with van der Waals surface area (Å²) in [5, 5.41) is 12.7. The molecule has 0 spiro atoms. The van der Waals surface area contributed by atoms with Crippen molar-refractivity contribution in [2.45, 2.75) is 0 Å².